The third-order valence-corrected chi connectivity index (χ3v) is 7.72. The average molecular weight is 545 g/mol. The van der Waals surface area contributed by atoms with Crippen LogP contribution >= 0.6 is 0 Å². The second-order valence-corrected chi connectivity index (χ2v) is 10.2. The molecule has 6 rings (SSSR count). The minimum absolute atomic E-state index is 0.0470. The van der Waals surface area contributed by atoms with Gasteiger partial charge in [-0.3, -0.25) is 4.90 Å². The minimum Gasteiger partial charge on any atom is -0.493 e. The fraction of sp³-hybridized carbons (Fsp3) is 0.212. The number of fused-ring (bicyclic) bond motifs is 2. The SMILES string of the molecule is Fc1ccc(CN2CC(c3ccccc3)c3ccccc3C2CCOc2cccc3[nH]ccc23)cc1C(F)(F)F. The van der Waals surface area contributed by atoms with Crippen molar-refractivity contribution in [3.63, 3.8) is 0 Å². The van der Waals surface area contributed by atoms with E-state index in [1.807, 2.05) is 60.8 Å². The molecular weight excluding hydrogens is 516 g/mol. The molecule has 2 heterocycles. The van der Waals surface area contributed by atoms with Crippen LogP contribution in [0.4, 0.5) is 17.6 Å². The van der Waals surface area contributed by atoms with Gasteiger partial charge in [0.15, 0.2) is 0 Å². The van der Waals surface area contributed by atoms with Gasteiger partial charge in [-0.15, -0.1) is 0 Å². The maximum absolute atomic E-state index is 14.1. The summed E-state index contributed by atoms with van der Waals surface area (Å²) in [6, 6.07) is 29.4. The van der Waals surface area contributed by atoms with Crippen molar-refractivity contribution in [3.8, 4) is 5.75 Å². The molecule has 2 unspecified atom stereocenters. The van der Waals surface area contributed by atoms with Crippen LogP contribution in [0.1, 0.15) is 46.2 Å². The van der Waals surface area contributed by atoms with Crippen LogP contribution in [0.3, 0.4) is 0 Å². The second-order valence-electron chi connectivity index (χ2n) is 10.2. The van der Waals surface area contributed by atoms with Crippen LogP contribution < -0.4 is 4.74 Å². The van der Waals surface area contributed by atoms with Gasteiger partial charge in [-0.05, 0) is 52.6 Å². The number of rotatable bonds is 7. The largest absolute Gasteiger partial charge is 0.493 e. The van der Waals surface area contributed by atoms with E-state index in [0.717, 1.165) is 39.9 Å². The first-order valence-electron chi connectivity index (χ1n) is 13.3. The van der Waals surface area contributed by atoms with E-state index in [4.69, 9.17) is 4.74 Å². The number of hydrogen-bond acceptors (Lipinski definition) is 2. The zero-order valence-corrected chi connectivity index (χ0v) is 21.7. The van der Waals surface area contributed by atoms with Gasteiger partial charge in [0.05, 0.1) is 12.2 Å². The molecular formula is C33H28F4N2O. The van der Waals surface area contributed by atoms with Gasteiger partial charge >= 0.3 is 6.18 Å². The monoisotopic (exact) mass is 544 g/mol. The molecule has 0 saturated carbocycles. The van der Waals surface area contributed by atoms with Gasteiger partial charge in [0.2, 0.25) is 0 Å². The van der Waals surface area contributed by atoms with Crippen molar-refractivity contribution >= 4 is 10.9 Å². The number of H-pyrrole nitrogens is 1. The lowest BCUT2D eigenvalue weighted by Gasteiger charge is -2.42. The smallest absolute Gasteiger partial charge is 0.419 e. The summed E-state index contributed by atoms with van der Waals surface area (Å²) in [5.74, 6) is -0.429. The normalized spacial score (nSPS) is 17.6. The lowest BCUT2D eigenvalue weighted by atomic mass is 9.80. The molecule has 5 aromatic rings. The van der Waals surface area contributed by atoms with Gasteiger partial charge in [0, 0.05) is 48.6 Å². The van der Waals surface area contributed by atoms with Gasteiger partial charge in [-0.25, -0.2) is 4.39 Å². The molecule has 3 nitrogen and oxygen atoms in total. The van der Waals surface area contributed by atoms with E-state index in [2.05, 4.69) is 34.1 Å². The molecule has 0 aliphatic carbocycles. The highest BCUT2D eigenvalue weighted by molar-refractivity contribution is 5.85. The third-order valence-electron chi connectivity index (χ3n) is 7.72. The Kier molecular flexibility index (Phi) is 7.07. The summed E-state index contributed by atoms with van der Waals surface area (Å²) in [5, 5.41) is 0.999. The Morgan fingerprint density at radius 3 is 2.42 bits per heavy atom. The highest BCUT2D eigenvalue weighted by Gasteiger charge is 2.36. The van der Waals surface area contributed by atoms with E-state index >= 15 is 0 Å². The summed E-state index contributed by atoms with van der Waals surface area (Å²) >= 11 is 0. The van der Waals surface area contributed by atoms with Crippen molar-refractivity contribution in [2.45, 2.75) is 31.1 Å². The Balaban J connectivity index is 1.33. The van der Waals surface area contributed by atoms with Gasteiger partial charge < -0.3 is 9.72 Å². The fourth-order valence-corrected chi connectivity index (χ4v) is 5.86. The summed E-state index contributed by atoms with van der Waals surface area (Å²) in [6.07, 6.45) is -2.25. The van der Waals surface area contributed by atoms with Crippen LogP contribution in [0.15, 0.2) is 103 Å². The van der Waals surface area contributed by atoms with Crippen LogP contribution in [0.25, 0.3) is 10.9 Å². The number of benzene rings is 4. The summed E-state index contributed by atoms with van der Waals surface area (Å²) < 4.78 is 60.8. The molecule has 0 amide bonds. The minimum atomic E-state index is -4.76. The predicted molar refractivity (Wildman–Crippen MR) is 148 cm³/mol. The van der Waals surface area contributed by atoms with E-state index in [1.165, 1.54) is 11.6 Å². The molecule has 1 aromatic heterocycles. The van der Waals surface area contributed by atoms with Crippen LogP contribution in [0, 0.1) is 5.82 Å². The number of hydrogen-bond donors (Lipinski definition) is 1. The standard InChI is InChI=1S/C33H28F4N2O/c34-29-14-13-22(19-28(29)33(35,36)37)20-39-21-27(23-7-2-1-3-8-23)24-9-4-5-10-25(24)31(39)16-18-40-32-12-6-11-30-26(32)15-17-38-30/h1-15,17,19,27,31,38H,16,18,20-21H2. The first-order chi connectivity index (χ1) is 19.4. The first-order valence-corrected chi connectivity index (χ1v) is 13.3. The Morgan fingerprint density at radius 1 is 0.850 bits per heavy atom. The highest BCUT2D eigenvalue weighted by atomic mass is 19.4. The van der Waals surface area contributed by atoms with Crippen LogP contribution in [-0.2, 0) is 12.7 Å². The van der Waals surface area contributed by atoms with Gasteiger partial charge in [0.25, 0.3) is 0 Å². The van der Waals surface area contributed by atoms with Crippen molar-refractivity contribution < 1.29 is 22.3 Å². The molecule has 40 heavy (non-hydrogen) atoms. The number of nitrogens with one attached hydrogen (secondary N) is 1. The van der Waals surface area contributed by atoms with Gasteiger partial charge in [0.1, 0.15) is 11.6 Å². The van der Waals surface area contributed by atoms with Gasteiger partial charge in [-0.1, -0.05) is 66.7 Å². The molecule has 0 spiro atoms. The number of halogens is 4. The summed E-state index contributed by atoms with van der Waals surface area (Å²) in [7, 11) is 0. The van der Waals surface area contributed by atoms with Crippen molar-refractivity contribution in [1.82, 2.24) is 9.88 Å². The van der Waals surface area contributed by atoms with E-state index in [1.54, 1.807) is 0 Å². The first kappa shape index (κ1) is 26.1. The highest BCUT2D eigenvalue weighted by Crippen LogP contribution is 2.42. The molecule has 1 aliphatic rings. The maximum atomic E-state index is 14.1. The Bertz CT molecular complexity index is 1610. The van der Waals surface area contributed by atoms with E-state index in [0.29, 0.717) is 25.1 Å². The molecule has 0 saturated heterocycles. The van der Waals surface area contributed by atoms with Crippen LogP contribution in [0.2, 0.25) is 0 Å². The lowest BCUT2D eigenvalue weighted by molar-refractivity contribution is -0.140. The van der Waals surface area contributed by atoms with Crippen molar-refractivity contribution in [2.75, 3.05) is 13.2 Å². The molecule has 0 radical (unpaired) electrons. The Labute approximate surface area is 230 Å². The predicted octanol–water partition coefficient (Wildman–Crippen LogP) is 8.48. The zero-order chi connectivity index (χ0) is 27.7. The molecule has 204 valence electrons. The maximum Gasteiger partial charge on any atom is 0.419 e. The lowest BCUT2D eigenvalue weighted by Crippen LogP contribution is -2.38. The molecule has 0 bridgehead atoms. The summed E-state index contributed by atoms with van der Waals surface area (Å²) in [4.78, 5) is 5.39. The zero-order valence-electron chi connectivity index (χ0n) is 21.7. The van der Waals surface area contributed by atoms with Crippen molar-refractivity contribution in [1.29, 1.82) is 0 Å². The topological polar surface area (TPSA) is 28.3 Å². The van der Waals surface area contributed by atoms with E-state index in [-0.39, 0.29) is 18.5 Å². The molecule has 4 aromatic carbocycles. The van der Waals surface area contributed by atoms with Crippen molar-refractivity contribution in [3.05, 3.63) is 137 Å². The average Bonchev–Trinajstić information content (AvgIpc) is 3.44. The van der Waals surface area contributed by atoms with Crippen molar-refractivity contribution in [2.24, 2.45) is 0 Å². The summed E-state index contributed by atoms with van der Waals surface area (Å²) in [6.45, 7) is 1.28. The molecule has 1 N–H and O–H groups in total. The van der Waals surface area contributed by atoms with Gasteiger partial charge in [-0.2, -0.15) is 13.2 Å². The second kappa shape index (κ2) is 10.8. The number of aromatic nitrogens is 1. The quantitative estimate of drug-likeness (QED) is 0.208. The summed E-state index contributed by atoms with van der Waals surface area (Å²) in [5.41, 5.74) is 3.65. The Morgan fingerprint density at radius 2 is 1.62 bits per heavy atom. The Hall–Kier alpha value is -4.10. The molecule has 7 heteroatoms. The van der Waals surface area contributed by atoms with E-state index in [9.17, 15) is 17.6 Å². The van der Waals surface area contributed by atoms with Crippen LogP contribution in [0.5, 0.6) is 5.75 Å². The van der Waals surface area contributed by atoms with Crippen LogP contribution in [-0.4, -0.2) is 23.0 Å². The number of aromatic amines is 1. The number of ether oxygens (including phenoxy) is 1. The number of nitrogens with zero attached hydrogens (tertiary/aromatic N) is 1. The molecule has 0 fully saturated rings. The molecule has 2 atom stereocenters. The van der Waals surface area contributed by atoms with E-state index < -0.39 is 17.6 Å². The fourth-order valence-electron chi connectivity index (χ4n) is 5.86. The molecule has 1 aliphatic heterocycles. The number of alkyl halides is 3. The third kappa shape index (κ3) is 5.21.